The number of rotatable bonds is 6. The summed E-state index contributed by atoms with van der Waals surface area (Å²) in [5.41, 5.74) is 2.37. The van der Waals surface area contributed by atoms with Crippen molar-refractivity contribution in [3.05, 3.63) is 46.1 Å². The van der Waals surface area contributed by atoms with E-state index >= 15 is 0 Å². The number of thiophene rings is 1. The van der Waals surface area contributed by atoms with E-state index in [4.69, 9.17) is 14.7 Å². The minimum atomic E-state index is -0.427. The van der Waals surface area contributed by atoms with Gasteiger partial charge in [0, 0.05) is 21.9 Å². The number of amides is 1. The molecule has 5 rings (SSSR count). The summed E-state index contributed by atoms with van der Waals surface area (Å²) in [6.45, 7) is 0. The number of nitrogens with zero attached hydrogens (tertiary/aromatic N) is 2. The van der Waals surface area contributed by atoms with Crippen molar-refractivity contribution in [1.29, 1.82) is 0 Å². The number of anilines is 1. The van der Waals surface area contributed by atoms with Gasteiger partial charge in [0.05, 0.1) is 18.4 Å². The van der Waals surface area contributed by atoms with Gasteiger partial charge in [-0.25, -0.2) is 14.8 Å². The first-order valence-corrected chi connectivity index (χ1v) is 12.4. The Bertz CT molecular complexity index is 1170. The van der Waals surface area contributed by atoms with Crippen LogP contribution in [0.3, 0.4) is 0 Å². The van der Waals surface area contributed by atoms with Crippen molar-refractivity contribution in [2.24, 2.45) is 0 Å². The van der Waals surface area contributed by atoms with Crippen molar-refractivity contribution in [1.82, 2.24) is 9.97 Å². The lowest BCUT2D eigenvalue weighted by Crippen LogP contribution is -2.15. The summed E-state index contributed by atoms with van der Waals surface area (Å²) >= 11 is 3.29. The zero-order valence-corrected chi connectivity index (χ0v) is 18.9. The molecule has 1 fully saturated rings. The van der Waals surface area contributed by atoms with Gasteiger partial charge in [0.2, 0.25) is 5.91 Å². The number of esters is 1. The lowest BCUT2D eigenvalue weighted by Gasteiger charge is -2.12. The molecule has 0 aliphatic heterocycles. The lowest BCUT2D eigenvalue weighted by atomic mass is 9.97. The summed E-state index contributed by atoms with van der Waals surface area (Å²) in [6, 6.07) is 6.77. The largest absolute Gasteiger partial charge is 0.465 e. The van der Waals surface area contributed by atoms with Crippen LogP contribution in [0, 0.1) is 0 Å². The summed E-state index contributed by atoms with van der Waals surface area (Å²) in [5, 5.41) is 4.97. The fourth-order valence-electron chi connectivity index (χ4n) is 3.94. The van der Waals surface area contributed by atoms with Crippen LogP contribution in [0.15, 0.2) is 29.3 Å². The van der Waals surface area contributed by atoms with Gasteiger partial charge in [-0.15, -0.1) is 11.3 Å². The topological polar surface area (TPSA) is 81.2 Å². The molecule has 2 aliphatic carbocycles. The molecule has 3 aromatic rings. The molecule has 31 heavy (non-hydrogen) atoms. The van der Waals surface area contributed by atoms with Crippen LogP contribution < -0.4 is 5.32 Å². The van der Waals surface area contributed by atoms with Gasteiger partial charge >= 0.3 is 5.97 Å². The van der Waals surface area contributed by atoms with E-state index in [1.807, 2.05) is 11.3 Å². The molecule has 0 spiro atoms. The molecule has 0 radical (unpaired) electrons. The predicted octanol–water partition coefficient (Wildman–Crippen LogP) is 4.96. The Morgan fingerprint density at radius 2 is 2.06 bits per heavy atom. The molecule has 6 nitrogen and oxygen atoms in total. The highest BCUT2D eigenvalue weighted by Crippen LogP contribution is 2.44. The highest BCUT2D eigenvalue weighted by atomic mass is 32.2. The average molecular weight is 454 g/mol. The minimum Gasteiger partial charge on any atom is -0.465 e. The van der Waals surface area contributed by atoms with Crippen molar-refractivity contribution >= 4 is 50.9 Å². The van der Waals surface area contributed by atoms with Crippen LogP contribution in [0.25, 0.3) is 10.2 Å². The number of hydrogen-bond donors (Lipinski definition) is 1. The molecular weight excluding hydrogens is 430 g/mol. The second-order valence-corrected chi connectivity index (χ2v) is 10.0. The molecular formula is C23H23N3O3S2. The van der Waals surface area contributed by atoms with Crippen LogP contribution in [0.4, 0.5) is 5.69 Å². The number of thioether (sulfide) groups is 1. The number of nitrogens with one attached hydrogen (secondary N) is 1. The summed E-state index contributed by atoms with van der Waals surface area (Å²) in [4.78, 5) is 36.7. The Labute approximate surface area is 188 Å². The molecule has 2 aromatic heterocycles. The number of hydrogen-bond acceptors (Lipinski definition) is 7. The summed E-state index contributed by atoms with van der Waals surface area (Å²) in [7, 11) is 1.34. The predicted molar refractivity (Wildman–Crippen MR) is 123 cm³/mol. The van der Waals surface area contributed by atoms with E-state index in [0.29, 0.717) is 17.2 Å². The first kappa shape index (κ1) is 20.5. The van der Waals surface area contributed by atoms with Gasteiger partial charge in [0.1, 0.15) is 15.7 Å². The quantitative estimate of drug-likeness (QED) is 0.323. The van der Waals surface area contributed by atoms with Crippen LogP contribution in [-0.2, 0) is 22.4 Å². The third-order valence-electron chi connectivity index (χ3n) is 5.65. The second-order valence-electron chi connectivity index (χ2n) is 7.96. The average Bonchev–Trinajstić information content (AvgIpc) is 3.57. The van der Waals surface area contributed by atoms with Gasteiger partial charge in [-0.2, -0.15) is 0 Å². The van der Waals surface area contributed by atoms with E-state index in [2.05, 4.69) is 5.32 Å². The number of carbonyl (C=O) groups is 2. The SMILES string of the molecule is COC(=O)c1cccc(NC(=O)CSc2nc(C3CC3)nc3sc4c(c23)CCCC4)c1. The van der Waals surface area contributed by atoms with Crippen LogP contribution in [-0.4, -0.2) is 34.7 Å². The van der Waals surface area contributed by atoms with Gasteiger partial charge in [-0.3, -0.25) is 4.79 Å². The van der Waals surface area contributed by atoms with Gasteiger partial charge in [0.15, 0.2) is 0 Å². The maximum atomic E-state index is 12.6. The van der Waals surface area contributed by atoms with Crippen LogP contribution in [0.2, 0.25) is 0 Å². The number of fused-ring (bicyclic) bond motifs is 3. The van der Waals surface area contributed by atoms with Crippen molar-refractivity contribution in [2.45, 2.75) is 49.5 Å². The number of methoxy groups -OCH3 is 1. The lowest BCUT2D eigenvalue weighted by molar-refractivity contribution is -0.113. The van der Waals surface area contributed by atoms with Gasteiger partial charge in [-0.05, 0) is 62.3 Å². The smallest absolute Gasteiger partial charge is 0.337 e. The van der Waals surface area contributed by atoms with Crippen LogP contribution in [0.5, 0.6) is 0 Å². The van der Waals surface area contributed by atoms with Crippen molar-refractivity contribution in [2.75, 3.05) is 18.2 Å². The fourth-order valence-corrected chi connectivity index (χ4v) is 6.14. The molecule has 1 aromatic carbocycles. The summed E-state index contributed by atoms with van der Waals surface area (Å²) < 4.78 is 4.75. The van der Waals surface area contributed by atoms with E-state index in [9.17, 15) is 9.59 Å². The van der Waals surface area contributed by atoms with E-state index < -0.39 is 5.97 Å². The molecule has 2 aliphatic rings. The minimum absolute atomic E-state index is 0.129. The number of aromatic nitrogens is 2. The Morgan fingerprint density at radius 3 is 2.87 bits per heavy atom. The summed E-state index contributed by atoms with van der Waals surface area (Å²) in [5.74, 6) is 1.10. The Balaban J connectivity index is 1.36. The van der Waals surface area contributed by atoms with E-state index in [1.54, 1.807) is 24.3 Å². The van der Waals surface area contributed by atoms with Gasteiger partial charge < -0.3 is 10.1 Å². The van der Waals surface area contributed by atoms with Crippen molar-refractivity contribution in [3.8, 4) is 0 Å². The standard InChI is InChI=1S/C23H23N3O3S2/c1-29-23(28)14-5-4-6-15(11-14)24-18(27)12-30-21-19-16-7-2-3-8-17(16)31-22(19)26-20(25-21)13-9-10-13/h4-6,11,13H,2-3,7-10,12H2,1H3,(H,24,27). The number of ether oxygens (including phenoxy) is 1. The number of carbonyl (C=O) groups excluding carboxylic acids is 2. The van der Waals surface area contributed by atoms with Crippen LogP contribution in [0.1, 0.15) is 58.2 Å². The van der Waals surface area contributed by atoms with Crippen molar-refractivity contribution in [3.63, 3.8) is 0 Å². The van der Waals surface area contributed by atoms with E-state index in [-0.39, 0.29) is 11.7 Å². The molecule has 1 saturated carbocycles. The Hall–Kier alpha value is -2.45. The molecule has 0 unspecified atom stereocenters. The fraction of sp³-hybridized carbons (Fsp3) is 0.391. The maximum absolute atomic E-state index is 12.6. The first-order chi connectivity index (χ1) is 15.1. The molecule has 0 atom stereocenters. The van der Waals surface area contributed by atoms with E-state index in [1.165, 1.54) is 42.2 Å². The molecule has 8 heteroatoms. The molecule has 2 heterocycles. The highest BCUT2D eigenvalue weighted by Gasteiger charge is 2.29. The Kier molecular flexibility index (Phi) is 5.67. The molecule has 1 amide bonds. The maximum Gasteiger partial charge on any atom is 0.337 e. The number of benzene rings is 1. The molecule has 0 saturated heterocycles. The number of aryl methyl sites for hydroxylation is 2. The summed E-state index contributed by atoms with van der Waals surface area (Å²) in [6.07, 6.45) is 6.93. The zero-order valence-electron chi connectivity index (χ0n) is 17.3. The van der Waals surface area contributed by atoms with E-state index in [0.717, 1.165) is 46.8 Å². The third-order valence-corrected chi connectivity index (χ3v) is 7.81. The monoisotopic (exact) mass is 453 g/mol. The van der Waals surface area contributed by atoms with Gasteiger partial charge in [0.25, 0.3) is 0 Å². The normalized spacial score (nSPS) is 15.5. The highest BCUT2D eigenvalue weighted by molar-refractivity contribution is 8.00. The molecule has 160 valence electrons. The Morgan fingerprint density at radius 1 is 1.23 bits per heavy atom. The first-order valence-electron chi connectivity index (χ1n) is 10.6. The third kappa shape index (κ3) is 4.32. The molecule has 1 N–H and O–H groups in total. The van der Waals surface area contributed by atoms with Gasteiger partial charge in [-0.1, -0.05) is 17.8 Å². The molecule has 0 bridgehead atoms. The van der Waals surface area contributed by atoms with Crippen LogP contribution >= 0.6 is 23.1 Å². The zero-order chi connectivity index (χ0) is 21.4. The second kappa shape index (κ2) is 8.59. The van der Waals surface area contributed by atoms with Crippen molar-refractivity contribution < 1.29 is 14.3 Å².